The van der Waals surface area contributed by atoms with E-state index in [0.29, 0.717) is 16.7 Å². The van der Waals surface area contributed by atoms with Gasteiger partial charge in [-0.1, -0.05) is 18.5 Å². The van der Waals surface area contributed by atoms with Crippen LogP contribution in [0.15, 0.2) is 53.4 Å². The van der Waals surface area contributed by atoms with Gasteiger partial charge in [-0.15, -0.1) is 11.8 Å². The first-order chi connectivity index (χ1) is 12.2. The van der Waals surface area contributed by atoms with Gasteiger partial charge in [0.15, 0.2) is 0 Å². The molecule has 0 aliphatic carbocycles. The maximum Gasteiger partial charge on any atom is 0.219 e. The summed E-state index contributed by atoms with van der Waals surface area (Å²) < 4.78 is 5.89. The molecule has 0 saturated carbocycles. The van der Waals surface area contributed by atoms with Crippen LogP contribution in [-0.4, -0.2) is 17.3 Å². The number of thioether (sulfide) groups is 1. The van der Waals surface area contributed by atoms with Crippen LogP contribution in [-0.2, 0) is 0 Å². The number of nitrogens with zero attached hydrogens (tertiary/aromatic N) is 1. The molecule has 0 atom stereocenters. The third kappa shape index (κ3) is 4.59. The van der Waals surface area contributed by atoms with E-state index in [0.717, 1.165) is 40.2 Å². The minimum Gasteiger partial charge on any atom is -0.437 e. The third-order valence-corrected chi connectivity index (χ3v) is 5.13. The molecule has 2 aromatic carbocycles. The summed E-state index contributed by atoms with van der Waals surface area (Å²) in [4.78, 5) is 5.73. The molecule has 5 heteroatoms. The van der Waals surface area contributed by atoms with Crippen molar-refractivity contribution < 1.29 is 4.74 Å². The molecule has 0 fully saturated rings. The maximum absolute atomic E-state index is 6.36. The van der Waals surface area contributed by atoms with E-state index in [1.807, 2.05) is 42.5 Å². The fraction of sp³-hybridized carbons (Fsp3) is 0.250. The van der Waals surface area contributed by atoms with Gasteiger partial charge in [-0.25, -0.2) is 4.98 Å². The minimum absolute atomic E-state index is 0.541. The van der Waals surface area contributed by atoms with Crippen LogP contribution < -0.4 is 10.1 Å². The number of pyridine rings is 1. The highest BCUT2D eigenvalue weighted by molar-refractivity contribution is 7.99. The number of anilines is 1. The summed E-state index contributed by atoms with van der Waals surface area (Å²) in [7, 11) is 0. The van der Waals surface area contributed by atoms with Gasteiger partial charge in [-0.3, -0.25) is 0 Å². The summed E-state index contributed by atoms with van der Waals surface area (Å²) in [5, 5.41) is 4.98. The van der Waals surface area contributed by atoms with Crippen LogP contribution >= 0.6 is 23.4 Å². The number of halogens is 1. The van der Waals surface area contributed by atoms with Crippen molar-refractivity contribution in [2.75, 3.05) is 17.6 Å². The van der Waals surface area contributed by atoms with Gasteiger partial charge < -0.3 is 10.1 Å². The third-order valence-electron chi connectivity index (χ3n) is 3.64. The van der Waals surface area contributed by atoms with Gasteiger partial charge in [-0.2, -0.15) is 0 Å². The van der Waals surface area contributed by atoms with Crippen LogP contribution in [0.1, 0.15) is 20.3 Å². The Kier molecular flexibility index (Phi) is 6.05. The fourth-order valence-corrected chi connectivity index (χ4v) is 3.55. The summed E-state index contributed by atoms with van der Waals surface area (Å²) in [6, 6.07) is 15.9. The predicted molar refractivity (Wildman–Crippen MR) is 108 cm³/mol. The number of hydrogen-bond acceptors (Lipinski definition) is 4. The molecule has 3 nitrogen and oxygen atoms in total. The second-order valence-electron chi connectivity index (χ2n) is 5.63. The van der Waals surface area contributed by atoms with Crippen LogP contribution in [0.5, 0.6) is 11.6 Å². The molecule has 0 unspecified atom stereocenters. The number of aromatic nitrogens is 1. The van der Waals surface area contributed by atoms with Crippen LogP contribution in [0.25, 0.3) is 10.9 Å². The van der Waals surface area contributed by atoms with Crippen molar-refractivity contribution in [3.8, 4) is 11.6 Å². The summed E-state index contributed by atoms with van der Waals surface area (Å²) in [5.74, 6) is 2.25. The Balaban J connectivity index is 1.79. The fourth-order valence-electron chi connectivity index (χ4n) is 2.46. The van der Waals surface area contributed by atoms with E-state index in [-0.39, 0.29) is 0 Å². The second-order valence-corrected chi connectivity index (χ2v) is 7.21. The molecule has 0 aliphatic rings. The first-order valence-electron chi connectivity index (χ1n) is 8.44. The standard InChI is InChI=1S/C20H21ClN2OS/c1-3-11-25-16-7-9-19(17(21)13-16)24-20-10-5-14-12-15(22-4-2)6-8-18(14)23-20/h5-10,12-13,22H,3-4,11H2,1-2H3. The molecule has 0 saturated heterocycles. The molecule has 1 heterocycles. The average Bonchev–Trinajstić information content (AvgIpc) is 2.62. The molecule has 1 aromatic heterocycles. The highest BCUT2D eigenvalue weighted by atomic mass is 35.5. The Bertz CT molecular complexity index is 869. The summed E-state index contributed by atoms with van der Waals surface area (Å²) in [5.41, 5.74) is 1.99. The number of fused-ring (bicyclic) bond motifs is 1. The average molecular weight is 373 g/mol. The van der Waals surface area contributed by atoms with E-state index in [1.54, 1.807) is 11.8 Å². The van der Waals surface area contributed by atoms with E-state index in [9.17, 15) is 0 Å². The molecule has 0 bridgehead atoms. The van der Waals surface area contributed by atoms with Crippen molar-refractivity contribution in [2.24, 2.45) is 0 Å². The zero-order valence-electron chi connectivity index (χ0n) is 14.4. The first kappa shape index (κ1) is 17.9. The topological polar surface area (TPSA) is 34.1 Å². The van der Waals surface area contributed by atoms with Gasteiger partial charge in [0.05, 0.1) is 10.5 Å². The van der Waals surface area contributed by atoms with Crippen molar-refractivity contribution >= 4 is 40.0 Å². The molecule has 130 valence electrons. The van der Waals surface area contributed by atoms with E-state index in [1.165, 1.54) is 0 Å². The molecular formula is C20H21ClN2OS. The summed E-state index contributed by atoms with van der Waals surface area (Å²) in [6.45, 7) is 5.14. The number of ether oxygens (including phenoxy) is 1. The van der Waals surface area contributed by atoms with E-state index in [2.05, 4.69) is 30.2 Å². The largest absolute Gasteiger partial charge is 0.437 e. The quantitative estimate of drug-likeness (QED) is 0.473. The minimum atomic E-state index is 0.541. The number of rotatable bonds is 7. The van der Waals surface area contributed by atoms with Crippen LogP contribution in [0.3, 0.4) is 0 Å². The lowest BCUT2D eigenvalue weighted by molar-refractivity contribution is 0.465. The second kappa shape index (κ2) is 8.45. The lowest BCUT2D eigenvalue weighted by atomic mass is 10.2. The van der Waals surface area contributed by atoms with Gasteiger partial charge in [0.1, 0.15) is 5.75 Å². The van der Waals surface area contributed by atoms with Crippen molar-refractivity contribution in [2.45, 2.75) is 25.2 Å². The molecule has 0 radical (unpaired) electrons. The highest BCUT2D eigenvalue weighted by Gasteiger charge is 2.07. The van der Waals surface area contributed by atoms with Crippen molar-refractivity contribution in [3.05, 3.63) is 53.6 Å². The van der Waals surface area contributed by atoms with Gasteiger partial charge in [-0.05, 0) is 61.6 Å². The van der Waals surface area contributed by atoms with Gasteiger partial charge >= 0.3 is 0 Å². The zero-order chi connectivity index (χ0) is 17.6. The smallest absolute Gasteiger partial charge is 0.219 e. The lowest BCUT2D eigenvalue weighted by Gasteiger charge is -2.10. The predicted octanol–water partition coefficient (Wildman–Crippen LogP) is 6.61. The van der Waals surface area contributed by atoms with E-state index in [4.69, 9.17) is 16.3 Å². The van der Waals surface area contributed by atoms with E-state index >= 15 is 0 Å². The van der Waals surface area contributed by atoms with Crippen molar-refractivity contribution in [1.82, 2.24) is 4.98 Å². The van der Waals surface area contributed by atoms with Crippen molar-refractivity contribution in [1.29, 1.82) is 0 Å². The van der Waals surface area contributed by atoms with Crippen LogP contribution in [0.2, 0.25) is 5.02 Å². The number of benzene rings is 2. The Morgan fingerprint density at radius 2 is 1.96 bits per heavy atom. The molecule has 25 heavy (non-hydrogen) atoms. The molecule has 0 aliphatic heterocycles. The SMILES string of the molecule is CCCSc1ccc(Oc2ccc3cc(NCC)ccc3n2)c(Cl)c1. The molecule has 1 N–H and O–H groups in total. The molecular weight excluding hydrogens is 352 g/mol. The van der Waals surface area contributed by atoms with Crippen LogP contribution in [0.4, 0.5) is 5.69 Å². The summed E-state index contributed by atoms with van der Waals surface area (Å²) >= 11 is 8.15. The Hall–Kier alpha value is -1.91. The van der Waals surface area contributed by atoms with Crippen molar-refractivity contribution in [3.63, 3.8) is 0 Å². The number of hydrogen-bond donors (Lipinski definition) is 1. The van der Waals surface area contributed by atoms with Gasteiger partial charge in [0.25, 0.3) is 0 Å². The Morgan fingerprint density at radius 1 is 1.08 bits per heavy atom. The molecule has 0 spiro atoms. The Morgan fingerprint density at radius 3 is 2.72 bits per heavy atom. The van der Waals surface area contributed by atoms with Crippen LogP contribution in [0, 0.1) is 0 Å². The summed E-state index contributed by atoms with van der Waals surface area (Å²) in [6.07, 6.45) is 1.14. The van der Waals surface area contributed by atoms with Gasteiger partial charge in [0.2, 0.25) is 5.88 Å². The lowest BCUT2D eigenvalue weighted by Crippen LogP contribution is -1.96. The maximum atomic E-state index is 6.36. The normalized spacial score (nSPS) is 10.8. The zero-order valence-corrected chi connectivity index (χ0v) is 16.0. The monoisotopic (exact) mass is 372 g/mol. The highest BCUT2D eigenvalue weighted by Crippen LogP contribution is 2.33. The Labute approximate surface area is 157 Å². The van der Waals surface area contributed by atoms with Gasteiger partial charge in [0, 0.05) is 28.6 Å². The number of nitrogens with one attached hydrogen (secondary N) is 1. The molecule has 3 aromatic rings. The first-order valence-corrected chi connectivity index (χ1v) is 9.81. The van der Waals surface area contributed by atoms with E-state index < -0.39 is 0 Å². The molecule has 0 amide bonds. The molecule has 3 rings (SSSR count).